The molecule has 0 spiro atoms. The number of anilines is 1. The Morgan fingerprint density at radius 2 is 1.38 bits per heavy atom. The third kappa shape index (κ3) is 4.81. The van der Waals surface area contributed by atoms with Crippen molar-refractivity contribution in [2.24, 2.45) is 0 Å². The number of rotatable bonds is 3. The van der Waals surface area contributed by atoms with Gasteiger partial charge in [0.1, 0.15) is 0 Å². The summed E-state index contributed by atoms with van der Waals surface area (Å²) in [5.74, 6) is -0.273. The molecule has 1 amide bonds. The van der Waals surface area contributed by atoms with Crippen LogP contribution in [0.2, 0.25) is 5.02 Å². The van der Waals surface area contributed by atoms with E-state index in [1.807, 2.05) is 42.5 Å². The smallest absolute Gasteiger partial charge is 0.269 e. The third-order valence-electron chi connectivity index (χ3n) is 3.65. The average molecular weight is 382 g/mol. The number of hydrazine groups is 1. The number of thiocarbonyl (C=S) groups is 1. The zero-order valence-corrected chi connectivity index (χ0v) is 15.3. The third-order valence-corrected chi connectivity index (χ3v) is 4.10. The monoisotopic (exact) mass is 381 g/mol. The van der Waals surface area contributed by atoms with Crippen LogP contribution in [0.4, 0.5) is 5.69 Å². The Morgan fingerprint density at radius 3 is 2.04 bits per heavy atom. The summed E-state index contributed by atoms with van der Waals surface area (Å²) in [6, 6.07) is 24.4. The Bertz CT molecular complexity index is 897. The topological polar surface area (TPSA) is 53.2 Å². The van der Waals surface area contributed by atoms with Gasteiger partial charge in [-0.1, -0.05) is 54.1 Å². The Labute approximate surface area is 162 Å². The van der Waals surface area contributed by atoms with Gasteiger partial charge in [0.05, 0.1) is 0 Å². The lowest BCUT2D eigenvalue weighted by molar-refractivity contribution is 0.0944. The first-order valence-electron chi connectivity index (χ1n) is 7.90. The Kier molecular flexibility index (Phi) is 5.84. The van der Waals surface area contributed by atoms with Crippen LogP contribution in [0.5, 0.6) is 0 Å². The van der Waals surface area contributed by atoms with Crippen LogP contribution in [0.15, 0.2) is 78.9 Å². The van der Waals surface area contributed by atoms with Crippen molar-refractivity contribution in [2.45, 2.75) is 0 Å². The number of amides is 1. The van der Waals surface area contributed by atoms with E-state index in [4.69, 9.17) is 23.8 Å². The molecule has 0 aliphatic rings. The summed E-state index contributed by atoms with van der Waals surface area (Å²) in [7, 11) is 0. The van der Waals surface area contributed by atoms with E-state index in [1.165, 1.54) is 0 Å². The lowest BCUT2D eigenvalue weighted by Crippen LogP contribution is -2.43. The van der Waals surface area contributed by atoms with Crippen LogP contribution in [-0.2, 0) is 0 Å². The lowest BCUT2D eigenvalue weighted by Gasteiger charge is -2.12. The van der Waals surface area contributed by atoms with Crippen molar-refractivity contribution in [3.63, 3.8) is 0 Å². The molecule has 0 aromatic heterocycles. The number of nitrogens with one attached hydrogen (secondary N) is 3. The maximum Gasteiger partial charge on any atom is 0.269 e. The van der Waals surface area contributed by atoms with E-state index in [0.29, 0.717) is 10.6 Å². The highest BCUT2D eigenvalue weighted by atomic mass is 35.5. The molecule has 0 radical (unpaired) electrons. The molecule has 3 rings (SSSR count). The summed E-state index contributed by atoms with van der Waals surface area (Å²) in [6.07, 6.45) is 0. The van der Waals surface area contributed by atoms with Crippen LogP contribution in [0.1, 0.15) is 10.4 Å². The number of hydrogen-bond acceptors (Lipinski definition) is 2. The molecule has 3 aromatic rings. The maximum absolute atomic E-state index is 12.2. The molecule has 26 heavy (non-hydrogen) atoms. The molecule has 130 valence electrons. The highest BCUT2D eigenvalue weighted by Crippen LogP contribution is 2.19. The molecule has 3 aromatic carbocycles. The van der Waals surface area contributed by atoms with Gasteiger partial charge in [-0.05, 0) is 59.7 Å². The molecule has 3 N–H and O–H groups in total. The van der Waals surface area contributed by atoms with Gasteiger partial charge in [0.15, 0.2) is 5.11 Å². The molecule has 0 unspecified atom stereocenters. The number of carbonyl (C=O) groups excluding carboxylic acids is 1. The fourth-order valence-electron chi connectivity index (χ4n) is 2.33. The van der Waals surface area contributed by atoms with Gasteiger partial charge in [-0.3, -0.25) is 15.6 Å². The SMILES string of the molecule is O=C(NNC(=S)Nc1ccc(Cl)cc1)c1ccc(-c2ccccc2)cc1. The summed E-state index contributed by atoms with van der Waals surface area (Å²) in [5.41, 5.74) is 8.71. The molecule has 0 saturated carbocycles. The van der Waals surface area contributed by atoms with Crippen molar-refractivity contribution in [2.75, 3.05) is 5.32 Å². The molecular formula is C20H16ClN3OS. The number of benzene rings is 3. The van der Waals surface area contributed by atoms with Crippen LogP contribution in [0, 0.1) is 0 Å². The minimum absolute atomic E-state index is 0.273. The molecular weight excluding hydrogens is 366 g/mol. The number of halogens is 1. The summed E-state index contributed by atoms with van der Waals surface area (Å²) in [4.78, 5) is 12.2. The van der Waals surface area contributed by atoms with E-state index in [9.17, 15) is 4.79 Å². The second-order valence-corrected chi connectivity index (χ2v) is 6.33. The summed E-state index contributed by atoms with van der Waals surface area (Å²) in [5, 5.41) is 3.87. The second-order valence-electron chi connectivity index (χ2n) is 5.48. The van der Waals surface area contributed by atoms with E-state index in [1.54, 1.807) is 36.4 Å². The van der Waals surface area contributed by atoms with Crippen molar-refractivity contribution in [1.82, 2.24) is 10.9 Å². The minimum Gasteiger partial charge on any atom is -0.331 e. The predicted molar refractivity (Wildman–Crippen MR) is 110 cm³/mol. The summed E-state index contributed by atoms with van der Waals surface area (Å²) in [6.45, 7) is 0. The first kappa shape index (κ1) is 17.9. The highest BCUT2D eigenvalue weighted by molar-refractivity contribution is 7.80. The van der Waals surface area contributed by atoms with Crippen LogP contribution in [-0.4, -0.2) is 11.0 Å². The van der Waals surface area contributed by atoms with Crippen LogP contribution >= 0.6 is 23.8 Å². The van der Waals surface area contributed by atoms with E-state index >= 15 is 0 Å². The quantitative estimate of drug-likeness (QED) is 0.457. The van der Waals surface area contributed by atoms with E-state index < -0.39 is 0 Å². The Hall–Kier alpha value is -2.89. The number of hydrogen-bond donors (Lipinski definition) is 3. The molecule has 0 aliphatic heterocycles. The first-order chi connectivity index (χ1) is 12.6. The van der Waals surface area contributed by atoms with E-state index in [-0.39, 0.29) is 11.0 Å². The van der Waals surface area contributed by atoms with Crippen molar-refractivity contribution >= 4 is 40.5 Å². The van der Waals surface area contributed by atoms with Gasteiger partial charge < -0.3 is 5.32 Å². The molecule has 0 atom stereocenters. The molecule has 0 heterocycles. The largest absolute Gasteiger partial charge is 0.331 e. The van der Waals surface area contributed by atoms with Crippen LogP contribution in [0.3, 0.4) is 0 Å². The molecule has 6 heteroatoms. The normalized spacial score (nSPS) is 10.0. The van der Waals surface area contributed by atoms with Gasteiger partial charge in [-0.15, -0.1) is 0 Å². The predicted octanol–water partition coefficient (Wildman–Crippen LogP) is 4.64. The second kappa shape index (κ2) is 8.47. The van der Waals surface area contributed by atoms with Crippen LogP contribution in [0.25, 0.3) is 11.1 Å². The molecule has 0 fully saturated rings. The van der Waals surface area contributed by atoms with Gasteiger partial charge in [0, 0.05) is 16.3 Å². The van der Waals surface area contributed by atoms with Gasteiger partial charge in [0.25, 0.3) is 5.91 Å². The first-order valence-corrected chi connectivity index (χ1v) is 8.69. The van der Waals surface area contributed by atoms with Crippen molar-refractivity contribution in [3.05, 3.63) is 89.4 Å². The zero-order valence-electron chi connectivity index (χ0n) is 13.7. The molecule has 4 nitrogen and oxygen atoms in total. The van der Waals surface area contributed by atoms with E-state index in [2.05, 4.69) is 16.2 Å². The zero-order chi connectivity index (χ0) is 18.4. The average Bonchev–Trinajstić information content (AvgIpc) is 2.69. The minimum atomic E-state index is -0.273. The van der Waals surface area contributed by atoms with Gasteiger partial charge in [0.2, 0.25) is 0 Å². The maximum atomic E-state index is 12.2. The molecule has 0 saturated heterocycles. The van der Waals surface area contributed by atoms with Gasteiger partial charge >= 0.3 is 0 Å². The lowest BCUT2D eigenvalue weighted by atomic mass is 10.0. The number of carbonyl (C=O) groups is 1. The standard InChI is InChI=1S/C20H16ClN3OS/c21-17-10-12-18(13-11-17)22-20(26)24-23-19(25)16-8-6-15(7-9-16)14-4-2-1-3-5-14/h1-13H,(H,23,25)(H2,22,24,26). The highest BCUT2D eigenvalue weighted by Gasteiger charge is 2.06. The van der Waals surface area contributed by atoms with E-state index in [0.717, 1.165) is 16.8 Å². The Balaban J connectivity index is 1.54. The summed E-state index contributed by atoms with van der Waals surface area (Å²) >= 11 is 11.0. The summed E-state index contributed by atoms with van der Waals surface area (Å²) < 4.78 is 0. The molecule has 0 aliphatic carbocycles. The van der Waals surface area contributed by atoms with Crippen molar-refractivity contribution in [1.29, 1.82) is 0 Å². The van der Waals surface area contributed by atoms with Crippen LogP contribution < -0.4 is 16.2 Å². The van der Waals surface area contributed by atoms with Crippen molar-refractivity contribution < 1.29 is 4.79 Å². The fourth-order valence-corrected chi connectivity index (χ4v) is 2.62. The Morgan fingerprint density at radius 1 is 0.769 bits per heavy atom. The van der Waals surface area contributed by atoms with Gasteiger partial charge in [-0.2, -0.15) is 0 Å². The van der Waals surface area contributed by atoms with Crippen molar-refractivity contribution in [3.8, 4) is 11.1 Å². The van der Waals surface area contributed by atoms with Gasteiger partial charge in [-0.25, -0.2) is 0 Å². The fraction of sp³-hybridized carbons (Fsp3) is 0. The molecule has 0 bridgehead atoms.